The fourth-order valence-electron chi connectivity index (χ4n) is 6.22. The third-order valence-electron chi connectivity index (χ3n) is 9.25. The van der Waals surface area contributed by atoms with Gasteiger partial charge in [0.2, 0.25) is 0 Å². The summed E-state index contributed by atoms with van der Waals surface area (Å²) in [6.07, 6.45) is 1.58. The van der Waals surface area contributed by atoms with Crippen LogP contribution in [-0.4, -0.2) is 63.3 Å². The van der Waals surface area contributed by atoms with Gasteiger partial charge in [0, 0.05) is 48.7 Å². The van der Waals surface area contributed by atoms with Crippen LogP contribution in [0.5, 0.6) is 6.01 Å². The lowest BCUT2D eigenvalue weighted by Crippen LogP contribution is -2.50. The van der Waals surface area contributed by atoms with Crippen LogP contribution < -0.4 is 21.1 Å². The molecular weight excluding hydrogens is 651 g/mol. The molecule has 0 amide bonds. The van der Waals surface area contributed by atoms with E-state index in [1.165, 1.54) is 30.6 Å². The first-order valence-electron chi connectivity index (χ1n) is 14.7. The van der Waals surface area contributed by atoms with Crippen LogP contribution in [0, 0.1) is 23.0 Å². The molecule has 0 saturated carbocycles. The number of alkyl halides is 1. The summed E-state index contributed by atoms with van der Waals surface area (Å²) in [7, 11) is 3.54. The van der Waals surface area contributed by atoms with Gasteiger partial charge in [-0.3, -0.25) is 9.88 Å². The molecule has 1 fully saturated rings. The average molecular weight is 682 g/mol. The summed E-state index contributed by atoms with van der Waals surface area (Å²) in [6.45, 7) is 5.76. The normalized spacial score (nSPS) is 19.6. The predicted molar refractivity (Wildman–Crippen MR) is 178 cm³/mol. The van der Waals surface area contributed by atoms with Gasteiger partial charge in [0.05, 0.1) is 26.9 Å². The lowest BCUT2D eigenvalue weighted by Gasteiger charge is -2.37. The monoisotopic (exact) mass is 681 g/mol. The van der Waals surface area contributed by atoms with Crippen molar-refractivity contribution in [1.82, 2.24) is 24.8 Å². The maximum Gasteiger partial charge on any atom is 0.319 e. The molecule has 5 aromatic rings. The van der Waals surface area contributed by atoms with E-state index in [0.717, 1.165) is 11.3 Å². The molecule has 47 heavy (non-hydrogen) atoms. The summed E-state index contributed by atoms with van der Waals surface area (Å²) in [5, 5.41) is 10.3. The van der Waals surface area contributed by atoms with E-state index in [0.29, 0.717) is 5.69 Å². The third kappa shape index (κ3) is 5.32. The number of likely N-dealkylation sites (tertiary alicyclic amines) is 1. The van der Waals surface area contributed by atoms with Crippen LogP contribution in [0.15, 0.2) is 30.6 Å². The van der Waals surface area contributed by atoms with Crippen molar-refractivity contribution in [3.8, 4) is 23.2 Å². The summed E-state index contributed by atoms with van der Waals surface area (Å²) in [5.41, 5.74) is 11.9. The Kier molecular flexibility index (Phi) is 8.27. The van der Waals surface area contributed by atoms with Gasteiger partial charge < -0.3 is 21.1 Å². The number of hydrogen-bond acceptors (Lipinski definition) is 11. The van der Waals surface area contributed by atoms with E-state index in [1.54, 1.807) is 18.9 Å². The minimum Gasteiger partial charge on any atom is -0.458 e. The van der Waals surface area contributed by atoms with Gasteiger partial charge in [-0.05, 0) is 45.5 Å². The van der Waals surface area contributed by atoms with Crippen molar-refractivity contribution in [1.29, 1.82) is 5.26 Å². The maximum atomic E-state index is 17.0. The standard InChI is InChI=1S/C32H31ClF3N9OS/c1-14(25-28(38)41-9-8-40-25)45(5)30-18-10-20(33)23(17-6-7-21(35)27-22(17)19(12-37)29(39)47-27)24(36)26(18)42-31(43-30)46-15(2)32(3)11-16(34)13-44(32)4/h6-10,14-16H,11,13,39H2,1-5H3,(H2,38,41)/t14-,15-,16-,32-/m1/s1. The molecule has 3 aromatic heterocycles. The third-order valence-corrected chi connectivity index (χ3v) is 10.6. The van der Waals surface area contributed by atoms with Gasteiger partial charge in [-0.15, -0.1) is 11.3 Å². The molecular formula is C32H31ClF3N9OS. The molecule has 1 aliphatic rings. The van der Waals surface area contributed by atoms with Crippen molar-refractivity contribution in [3.05, 3.63) is 58.5 Å². The lowest BCUT2D eigenvalue weighted by molar-refractivity contribution is 0.0409. The van der Waals surface area contributed by atoms with Crippen LogP contribution in [0.2, 0.25) is 5.02 Å². The summed E-state index contributed by atoms with van der Waals surface area (Å²) in [6, 6.07) is 5.40. The van der Waals surface area contributed by atoms with Crippen LogP contribution in [0.1, 0.15) is 44.5 Å². The number of nitrogen functional groups attached to an aromatic ring is 2. The fourth-order valence-corrected chi connectivity index (χ4v) is 7.46. The number of thiophene rings is 1. The number of nitrogens with two attached hydrogens (primary N) is 2. The smallest absolute Gasteiger partial charge is 0.319 e. The summed E-state index contributed by atoms with van der Waals surface area (Å²) >= 11 is 7.70. The van der Waals surface area contributed by atoms with Gasteiger partial charge in [-0.1, -0.05) is 17.7 Å². The van der Waals surface area contributed by atoms with Crippen LogP contribution in [-0.2, 0) is 0 Å². The average Bonchev–Trinajstić information content (AvgIpc) is 3.51. The Hall–Kier alpha value is -4.45. The molecule has 4 N–H and O–H groups in total. The molecule has 0 radical (unpaired) electrons. The number of nitrogens with zero attached hydrogens (tertiary/aromatic N) is 7. The molecule has 2 aromatic carbocycles. The van der Waals surface area contributed by atoms with E-state index in [-0.39, 0.29) is 78.3 Å². The van der Waals surface area contributed by atoms with Gasteiger partial charge in [0.1, 0.15) is 52.0 Å². The van der Waals surface area contributed by atoms with E-state index < -0.39 is 35.5 Å². The van der Waals surface area contributed by atoms with Gasteiger partial charge in [0.25, 0.3) is 0 Å². The molecule has 1 saturated heterocycles. The zero-order chi connectivity index (χ0) is 33.9. The molecule has 15 heteroatoms. The Morgan fingerprint density at radius 2 is 1.94 bits per heavy atom. The summed E-state index contributed by atoms with van der Waals surface area (Å²) < 4.78 is 52.7. The maximum absolute atomic E-state index is 17.0. The molecule has 0 unspecified atom stereocenters. The van der Waals surface area contributed by atoms with E-state index in [9.17, 15) is 14.0 Å². The van der Waals surface area contributed by atoms with E-state index in [1.807, 2.05) is 31.9 Å². The molecule has 10 nitrogen and oxygen atoms in total. The zero-order valence-corrected chi connectivity index (χ0v) is 27.7. The Morgan fingerprint density at radius 3 is 2.60 bits per heavy atom. The molecule has 6 rings (SSSR count). The van der Waals surface area contributed by atoms with E-state index in [2.05, 4.69) is 15.0 Å². The van der Waals surface area contributed by atoms with Gasteiger partial charge in [0.15, 0.2) is 5.82 Å². The lowest BCUT2D eigenvalue weighted by atomic mass is 9.92. The number of benzene rings is 2. The van der Waals surface area contributed by atoms with Crippen molar-refractivity contribution in [2.75, 3.05) is 37.0 Å². The minimum atomic E-state index is -1.03. The number of halogens is 4. The molecule has 0 bridgehead atoms. The largest absolute Gasteiger partial charge is 0.458 e. The van der Waals surface area contributed by atoms with Crippen LogP contribution in [0.4, 0.5) is 29.8 Å². The van der Waals surface area contributed by atoms with Crippen LogP contribution in [0.3, 0.4) is 0 Å². The molecule has 0 spiro atoms. The van der Waals surface area contributed by atoms with Crippen molar-refractivity contribution in [3.63, 3.8) is 0 Å². The second kappa shape index (κ2) is 12.0. The topological polar surface area (TPSA) is 143 Å². The highest BCUT2D eigenvalue weighted by Gasteiger charge is 2.45. The van der Waals surface area contributed by atoms with Crippen molar-refractivity contribution < 1.29 is 17.9 Å². The van der Waals surface area contributed by atoms with E-state index in [4.69, 9.17) is 32.8 Å². The van der Waals surface area contributed by atoms with Crippen molar-refractivity contribution in [2.45, 2.75) is 51.0 Å². The number of aromatic nitrogens is 4. The Morgan fingerprint density at radius 1 is 1.21 bits per heavy atom. The first kappa shape index (κ1) is 32.5. The summed E-state index contributed by atoms with van der Waals surface area (Å²) in [4.78, 5) is 21.3. The van der Waals surface area contributed by atoms with Crippen molar-refractivity contribution >= 4 is 60.6 Å². The second-order valence-corrected chi connectivity index (χ2v) is 13.4. The number of ether oxygens (including phenoxy) is 1. The first-order valence-corrected chi connectivity index (χ1v) is 15.9. The molecule has 0 aliphatic carbocycles. The van der Waals surface area contributed by atoms with Gasteiger partial charge >= 0.3 is 6.01 Å². The van der Waals surface area contributed by atoms with Crippen LogP contribution in [0.25, 0.3) is 32.1 Å². The number of fused-ring (bicyclic) bond motifs is 2. The number of hydrogen-bond donors (Lipinski definition) is 2. The zero-order valence-electron chi connectivity index (χ0n) is 26.1. The number of likely N-dealkylation sites (N-methyl/N-ethyl adjacent to an activating group) is 1. The molecule has 4 heterocycles. The SMILES string of the molecule is C[C@H](c1nccnc1N)N(C)c1nc(O[C@H](C)[C@@]2(C)C[C@@H](F)CN2C)nc2c(F)c(-c3ccc(F)c4sc(N)c(C#N)c34)c(Cl)cc12. The highest BCUT2D eigenvalue weighted by Crippen LogP contribution is 2.46. The molecule has 244 valence electrons. The van der Waals surface area contributed by atoms with E-state index >= 15 is 4.39 Å². The molecule has 4 atom stereocenters. The van der Waals surface area contributed by atoms with Crippen molar-refractivity contribution in [2.24, 2.45) is 0 Å². The summed E-state index contributed by atoms with van der Waals surface area (Å²) in [5.74, 6) is -0.989. The quantitative estimate of drug-likeness (QED) is 0.191. The second-order valence-electron chi connectivity index (χ2n) is 11.9. The Balaban J connectivity index is 1.58. The number of nitriles is 1. The highest BCUT2D eigenvalue weighted by atomic mass is 35.5. The first-order chi connectivity index (χ1) is 22.3. The number of rotatable bonds is 7. The predicted octanol–water partition coefficient (Wildman–Crippen LogP) is 6.67. The Bertz CT molecular complexity index is 2090. The number of anilines is 3. The van der Waals surface area contributed by atoms with Crippen LogP contribution >= 0.6 is 22.9 Å². The van der Waals surface area contributed by atoms with Gasteiger partial charge in [-0.2, -0.15) is 15.2 Å². The van der Waals surface area contributed by atoms with Gasteiger partial charge in [-0.25, -0.2) is 18.2 Å². The Labute approximate surface area is 277 Å². The fraction of sp³-hybridized carbons (Fsp3) is 0.344. The highest BCUT2D eigenvalue weighted by molar-refractivity contribution is 7.23. The molecule has 1 aliphatic heterocycles. The minimum absolute atomic E-state index is 0.0199.